The standard InChI is InChI=1S/C12H16N2O.C3H8.H2/c1-8(2)14-6-5-9-7-10(13)3-4-11(9)12(14)15;1-3-2;/h3-4,7-8H,5-6,13H2,1-2H3;3H2,1-2H3;1H. The summed E-state index contributed by atoms with van der Waals surface area (Å²) in [6.45, 7) is 9.13. The highest BCUT2D eigenvalue weighted by Crippen LogP contribution is 2.22. The molecule has 1 aromatic rings. The topological polar surface area (TPSA) is 46.3 Å². The summed E-state index contributed by atoms with van der Waals surface area (Å²) in [5.74, 6) is 0.131. The second kappa shape index (κ2) is 6.43. The number of hydrogen-bond acceptors (Lipinski definition) is 2. The van der Waals surface area contributed by atoms with E-state index in [1.165, 1.54) is 6.42 Å². The molecule has 2 rings (SSSR count). The van der Waals surface area contributed by atoms with Gasteiger partial charge in [0.25, 0.3) is 5.91 Å². The van der Waals surface area contributed by atoms with Crippen LogP contribution in [0.4, 0.5) is 5.69 Å². The third kappa shape index (κ3) is 3.25. The lowest BCUT2D eigenvalue weighted by Gasteiger charge is -2.31. The highest BCUT2D eigenvalue weighted by Gasteiger charge is 2.25. The van der Waals surface area contributed by atoms with Gasteiger partial charge in [-0.25, -0.2) is 0 Å². The van der Waals surface area contributed by atoms with Crippen molar-refractivity contribution in [3.63, 3.8) is 0 Å². The molecule has 0 saturated carbocycles. The number of rotatable bonds is 1. The second-order valence-corrected chi connectivity index (χ2v) is 4.97. The normalized spacial score (nSPS) is 14.1. The molecular formula is C15H26N2O. The maximum Gasteiger partial charge on any atom is 0.254 e. The number of fused-ring (bicyclic) bond motifs is 1. The molecule has 0 unspecified atom stereocenters. The van der Waals surface area contributed by atoms with Crippen LogP contribution >= 0.6 is 0 Å². The number of nitrogens with zero attached hydrogens (tertiary/aromatic N) is 1. The third-order valence-electron chi connectivity index (χ3n) is 2.87. The van der Waals surface area contributed by atoms with E-state index in [9.17, 15) is 4.79 Å². The molecule has 1 heterocycles. The van der Waals surface area contributed by atoms with Crippen LogP contribution in [0.2, 0.25) is 0 Å². The molecule has 2 N–H and O–H groups in total. The summed E-state index contributed by atoms with van der Waals surface area (Å²) in [6, 6.07) is 5.80. The van der Waals surface area contributed by atoms with Crippen molar-refractivity contribution in [2.75, 3.05) is 12.3 Å². The Morgan fingerprint density at radius 3 is 2.56 bits per heavy atom. The van der Waals surface area contributed by atoms with Gasteiger partial charge in [-0.05, 0) is 44.0 Å². The smallest absolute Gasteiger partial charge is 0.254 e. The molecule has 1 amide bonds. The predicted octanol–water partition coefficient (Wildman–Crippen LogP) is 3.34. The van der Waals surface area contributed by atoms with Crippen molar-refractivity contribution in [3.8, 4) is 0 Å². The summed E-state index contributed by atoms with van der Waals surface area (Å²) in [5.41, 5.74) is 8.32. The maximum absolute atomic E-state index is 12.1. The van der Waals surface area contributed by atoms with Crippen LogP contribution in [0.25, 0.3) is 0 Å². The zero-order valence-electron chi connectivity index (χ0n) is 11.9. The second-order valence-electron chi connectivity index (χ2n) is 4.97. The molecule has 3 nitrogen and oxygen atoms in total. The van der Waals surface area contributed by atoms with Crippen LogP contribution in [-0.2, 0) is 6.42 Å². The lowest BCUT2D eigenvalue weighted by atomic mass is 9.97. The van der Waals surface area contributed by atoms with Crippen LogP contribution in [-0.4, -0.2) is 23.4 Å². The number of carbonyl (C=O) groups excluding carboxylic acids is 1. The maximum atomic E-state index is 12.1. The first-order chi connectivity index (χ1) is 8.51. The fourth-order valence-electron chi connectivity index (χ4n) is 2.02. The summed E-state index contributed by atoms with van der Waals surface area (Å²) in [5, 5.41) is 0. The molecule has 0 aliphatic carbocycles. The number of nitrogen functional groups attached to an aromatic ring is 1. The Morgan fingerprint density at radius 2 is 2.00 bits per heavy atom. The highest BCUT2D eigenvalue weighted by atomic mass is 16.2. The molecule has 3 heteroatoms. The van der Waals surface area contributed by atoms with Crippen LogP contribution in [0.1, 0.15) is 51.5 Å². The molecule has 1 aromatic carbocycles. The largest absolute Gasteiger partial charge is 0.399 e. The SMILES string of the molecule is CC(C)N1CCc2cc(N)ccc2C1=O.CCC.[HH]. The number of benzene rings is 1. The monoisotopic (exact) mass is 250 g/mol. The molecule has 0 spiro atoms. The van der Waals surface area contributed by atoms with E-state index in [4.69, 9.17) is 5.73 Å². The van der Waals surface area contributed by atoms with E-state index in [1.807, 2.05) is 30.9 Å². The Hall–Kier alpha value is -1.51. The Morgan fingerprint density at radius 1 is 1.39 bits per heavy atom. The average molecular weight is 250 g/mol. The fourth-order valence-corrected chi connectivity index (χ4v) is 2.02. The predicted molar refractivity (Wildman–Crippen MR) is 78.8 cm³/mol. The molecule has 0 atom stereocenters. The van der Waals surface area contributed by atoms with Gasteiger partial charge >= 0.3 is 0 Å². The van der Waals surface area contributed by atoms with Crippen LogP contribution in [0.15, 0.2) is 18.2 Å². The molecule has 1 aliphatic heterocycles. The molecule has 0 saturated heterocycles. The van der Waals surface area contributed by atoms with Gasteiger partial charge in [-0.1, -0.05) is 20.3 Å². The van der Waals surface area contributed by atoms with E-state index in [-0.39, 0.29) is 13.4 Å². The quantitative estimate of drug-likeness (QED) is 0.777. The molecule has 18 heavy (non-hydrogen) atoms. The van der Waals surface area contributed by atoms with E-state index in [2.05, 4.69) is 13.8 Å². The number of anilines is 1. The number of carbonyl (C=O) groups is 1. The van der Waals surface area contributed by atoms with Crippen molar-refractivity contribution in [1.82, 2.24) is 4.90 Å². The molecule has 102 valence electrons. The van der Waals surface area contributed by atoms with Gasteiger partial charge in [0, 0.05) is 25.3 Å². The van der Waals surface area contributed by atoms with Crippen molar-refractivity contribution in [2.24, 2.45) is 0 Å². The van der Waals surface area contributed by atoms with E-state index in [1.54, 1.807) is 6.07 Å². The van der Waals surface area contributed by atoms with Crippen LogP contribution in [0.5, 0.6) is 0 Å². The molecule has 0 fully saturated rings. The Labute approximate surface area is 111 Å². The number of nitrogens with two attached hydrogens (primary N) is 1. The van der Waals surface area contributed by atoms with Crippen molar-refractivity contribution >= 4 is 11.6 Å². The number of amides is 1. The minimum Gasteiger partial charge on any atom is -0.399 e. The van der Waals surface area contributed by atoms with Gasteiger partial charge in [-0.15, -0.1) is 0 Å². The summed E-state index contributed by atoms with van der Waals surface area (Å²) < 4.78 is 0. The highest BCUT2D eigenvalue weighted by molar-refractivity contribution is 5.97. The van der Waals surface area contributed by atoms with Crippen LogP contribution < -0.4 is 5.73 Å². The first kappa shape index (κ1) is 14.6. The van der Waals surface area contributed by atoms with Gasteiger partial charge in [-0.3, -0.25) is 4.79 Å². The first-order valence-corrected chi connectivity index (χ1v) is 6.70. The van der Waals surface area contributed by atoms with Crippen molar-refractivity contribution < 1.29 is 6.22 Å². The van der Waals surface area contributed by atoms with E-state index in [0.717, 1.165) is 29.8 Å². The Kier molecular flexibility index (Phi) is 5.20. The van der Waals surface area contributed by atoms with Gasteiger partial charge in [0.1, 0.15) is 0 Å². The van der Waals surface area contributed by atoms with Crippen molar-refractivity contribution in [3.05, 3.63) is 29.3 Å². The zero-order valence-corrected chi connectivity index (χ0v) is 11.9. The van der Waals surface area contributed by atoms with Gasteiger partial charge < -0.3 is 10.6 Å². The molecule has 1 aliphatic rings. The van der Waals surface area contributed by atoms with Crippen LogP contribution in [0.3, 0.4) is 0 Å². The Balaban J connectivity index is 0.000000742. The summed E-state index contributed by atoms with van der Waals surface area (Å²) in [7, 11) is 0. The number of hydrogen-bond donors (Lipinski definition) is 1. The molecule has 0 aromatic heterocycles. The van der Waals surface area contributed by atoms with E-state index in [0.29, 0.717) is 0 Å². The summed E-state index contributed by atoms with van der Waals surface area (Å²) in [4.78, 5) is 14.0. The zero-order chi connectivity index (χ0) is 13.7. The van der Waals surface area contributed by atoms with Gasteiger partial charge in [0.2, 0.25) is 0 Å². The summed E-state index contributed by atoms with van der Waals surface area (Å²) in [6.07, 6.45) is 2.16. The minimum atomic E-state index is 0. The van der Waals surface area contributed by atoms with Crippen LogP contribution in [0, 0.1) is 0 Å². The lowest BCUT2D eigenvalue weighted by molar-refractivity contribution is 0.0688. The first-order valence-electron chi connectivity index (χ1n) is 6.70. The summed E-state index contributed by atoms with van der Waals surface area (Å²) >= 11 is 0. The van der Waals surface area contributed by atoms with Gasteiger partial charge in [0.05, 0.1) is 0 Å². The average Bonchev–Trinajstić information content (AvgIpc) is 2.29. The van der Waals surface area contributed by atoms with E-state index >= 15 is 0 Å². The Bertz CT molecular complexity index is 419. The molecule has 0 radical (unpaired) electrons. The third-order valence-corrected chi connectivity index (χ3v) is 2.87. The van der Waals surface area contributed by atoms with E-state index < -0.39 is 0 Å². The molecule has 0 bridgehead atoms. The van der Waals surface area contributed by atoms with Crippen molar-refractivity contribution in [1.29, 1.82) is 0 Å². The minimum absolute atomic E-state index is 0. The molecular weight excluding hydrogens is 224 g/mol. The van der Waals surface area contributed by atoms with Crippen molar-refractivity contribution in [2.45, 2.75) is 46.6 Å². The fraction of sp³-hybridized carbons (Fsp3) is 0.533. The lowest BCUT2D eigenvalue weighted by Crippen LogP contribution is -2.42. The van der Waals surface area contributed by atoms with Gasteiger partial charge in [0.15, 0.2) is 0 Å². The van der Waals surface area contributed by atoms with Gasteiger partial charge in [-0.2, -0.15) is 0 Å².